The van der Waals surface area contributed by atoms with Gasteiger partial charge in [-0.3, -0.25) is 9.59 Å². The minimum Gasteiger partial charge on any atom is -0.467 e. The van der Waals surface area contributed by atoms with Gasteiger partial charge in [-0.1, -0.05) is 12.1 Å². The van der Waals surface area contributed by atoms with Gasteiger partial charge in [-0.05, 0) is 57.2 Å². The third-order valence-corrected chi connectivity index (χ3v) is 6.50. The summed E-state index contributed by atoms with van der Waals surface area (Å²) in [6.07, 6.45) is 3.50. The Kier molecular flexibility index (Phi) is 5.73. The predicted molar refractivity (Wildman–Crippen MR) is 109 cm³/mol. The van der Waals surface area contributed by atoms with E-state index < -0.39 is 0 Å². The summed E-state index contributed by atoms with van der Waals surface area (Å²) < 4.78 is 5.51. The zero-order chi connectivity index (χ0) is 19.5. The number of benzene rings is 1. The highest BCUT2D eigenvalue weighted by molar-refractivity contribution is 8.00. The standard InChI is InChI=1S/C21H25N3O3S/c1-22-10-8-16(9-11-22)23(13-17-5-4-12-27-17)20(25)14-24-18-6-2-3-7-19(18)28-15-21(24)26/h2-7,12,16H,8-11,13-15H2,1H3. The minimum atomic E-state index is -0.0268. The highest BCUT2D eigenvalue weighted by atomic mass is 32.2. The molecular weight excluding hydrogens is 374 g/mol. The smallest absolute Gasteiger partial charge is 0.243 e. The second-order valence-corrected chi connectivity index (χ2v) is 8.39. The van der Waals surface area contributed by atoms with Crippen molar-refractivity contribution in [1.82, 2.24) is 9.80 Å². The Balaban J connectivity index is 1.54. The van der Waals surface area contributed by atoms with Crippen molar-refractivity contribution in [2.45, 2.75) is 30.3 Å². The maximum atomic E-state index is 13.3. The van der Waals surface area contributed by atoms with Crippen LogP contribution in [0.5, 0.6) is 0 Å². The van der Waals surface area contributed by atoms with Gasteiger partial charge in [0.15, 0.2) is 0 Å². The van der Waals surface area contributed by atoms with Crippen LogP contribution in [0.2, 0.25) is 0 Å². The molecule has 2 aliphatic rings. The fraction of sp³-hybridized carbons (Fsp3) is 0.429. The van der Waals surface area contributed by atoms with Crippen molar-refractivity contribution in [2.24, 2.45) is 0 Å². The lowest BCUT2D eigenvalue weighted by atomic mass is 10.0. The summed E-state index contributed by atoms with van der Waals surface area (Å²) in [7, 11) is 2.11. The van der Waals surface area contributed by atoms with Crippen molar-refractivity contribution in [3.8, 4) is 0 Å². The van der Waals surface area contributed by atoms with Crippen LogP contribution < -0.4 is 4.90 Å². The maximum absolute atomic E-state index is 13.3. The first-order chi connectivity index (χ1) is 13.6. The van der Waals surface area contributed by atoms with Gasteiger partial charge in [0.1, 0.15) is 12.3 Å². The van der Waals surface area contributed by atoms with Crippen molar-refractivity contribution in [2.75, 3.05) is 37.3 Å². The Bertz CT molecular complexity index is 831. The summed E-state index contributed by atoms with van der Waals surface area (Å²) in [5.41, 5.74) is 0.832. The average Bonchev–Trinajstić information content (AvgIpc) is 3.22. The minimum absolute atomic E-state index is 0.0154. The molecule has 0 unspecified atom stereocenters. The van der Waals surface area contributed by atoms with E-state index in [-0.39, 0.29) is 24.4 Å². The number of carbonyl (C=O) groups excluding carboxylic acids is 2. The molecule has 7 heteroatoms. The van der Waals surface area contributed by atoms with Crippen molar-refractivity contribution in [3.05, 3.63) is 48.4 Å². The third kappa shape index (κ3) is 4.10. The molecule has 0 aliphatic carbocycles. The molecule has 0 radical (unpaired) electrons. The van der Waals surface area contributed by atoms with Crippen LogP contribution in [-0.2, 0) is 16.1 Å². The van der Waals surface area contributed by atoms with Gasteiger partial charge in [-0.15, -0.1) is 11.8 Å². The summed E-state index contributed by atoms with van der Waals surface area (Å²) >= 11 is 1.53. The van der Waals surface area contributed by atoms with E-state index in [2.05, 4.69) is 11.9 Å². The third-order valence-electron chi connectivity index (χ3n) is 5.46. The summed E-state index contributed by atoms with van der Waals surface area (Å²) in [6, 6.07) is 11.7. The van der Waals surface area contributed by atoms with Crippen LogP contribution in [-0.4, -0.2) is 60.1 Å². The van der Waals surface area contributed by atoms with Crippen LogP contribution in [0.25, 0.3) is 0 Å². The van der Waals surface area contributed by atoms with Gasteiger partial charge in [0.2, 0.25) is 11.8 Å². The fourth-order valence-corrected chi connectivity index (χ4v) is 4.79. The molecule has 2 amide bonds. The molecule has 6 nitrogen and oxygen atoms in total. The summed E-state index contributed by atoms with van der Waals surface area (Å²) in [6.45, 7) is 2.45. The van der Waals surface area contributed by atoms with Crippen LogP contribution in [0.15, 0.2) is 52.0 Å². The van der Waals surface area contributed by atoms with E-state index in [0.717, 1.165) is 42.3 Å². The number of hydrogen-bond donors (Lipinski definition) is 0. The number of amides is 2. The molecular formula is C21H25N3O3S. The summed E-state index contributed by atoms with van der Waals surface area (Å²) in [4.78, 5) is 32.8. The molecule has 1 aromatic heterocycles. The number of para-hydroxylation sites is 1. The van der Waals surface area contributed by atoms with E-state index >= 15 is 0 Å². The van der Waals surface area contributed by atoms with Crippen LogP contribution in [0, 0.1) is 0 Å². The number of rotatable bonds is 5. The maximum Gasteiger partial charge on any atom is 0.243 e. The Hall–Kier alpha value is -2.25. The van der Waals surface area contributed by atoms with E-state index in [4.69, 9.17) is 4.42 Å². The van der Waals surface area contributed by atoms with E-state index in [1.54, 1.807) is 11.2 Å². The molecule has 3 heterocycles. The number of fused-ring (bicyclic) bond motifs is 1. The van der Waals surface area contributed by atoms with Gasteiger partial charge in [0.05, 0.1) is 24.2 Å². The van der Waals surface area contributed by atoms with Gasteiger partial charge in [0.25, 0.3) is 0 Å². The Labute approximate surface area is 169 Å². The van der Waals surface area contributed by atoms with E-state index in [1.165, 1.54) is 11.8 Å². The van der Waals surface area contributed by atoms with Gasteiger partial charge < -0.3 is 19.1 Å². The van der Waals surface area contributed by atoms with Crippen molar-refractivity contribution >= 4 is 29.3 Å². The second kappa shape index (κ2) is 8.41. The molecule has 0 spiro atoms. The molecule has 2 aliphatic heterocycles. The lowest BCUT2D eigenvalue weighted by Crippen LogP contribution is -2.50. The lowest BCUT2D eigenvalue weighted by molar-refractivity contribution is -0.135. The Morgan fingerprint density at radius 1 is 1.21 bits per heavy atom. The second-order valence-electron chi connectivity index (χ2n) is 7.37. The first-order valence-corrected chi connectivity index (χ1v) is 10.6. The monoisotopic (exact) mass is 399 g/mol. The number of anilines is 1. The molecule has 28 heavy (non-hydrogen) atoms. The Morgan fingerprint density at radius 2 is 2.00 bits per heavy atom. The fourth-order valence-electron chi connectivity index (χ4n) is 3.85. The number of carbonyl (C=O) groups is 2. The van der Waals surface area contributed by atoms with Crippen molar-refractivity contribution in [3.63, 3.8) is 0 Å². The first kappa shape index (κ1) is 19.1. The molecule has 2 aromatic rings. The molecule has 0 atom stereocenters. The zero-order valence-electron chi connectivity index (χ0n) is 16.0. The largest absolute Gasteiger partial charge is 0.467 e. The number of nitrogens with zero attached hydrogens (tertiary/aromatic N) is 3. The van der Waals surface area contributed by atoms with E-state index in [1.807, 2.05) is 41.3 Å². The molecule has 0 saturated carbocycles. The molecule has 1 saturated heterocycles. The SMILES string of the molecule is CN1CCC(N(Cc2ccco2)C(=O)CN2C(=O)CSc3ccccc32)CC1. The van der Waals surface area contributed by atoms with Gasteiger partial charge in [-0.25, -0.2) is 0 Å². The first-order valence-electron chi connectivity index (χ1n) is 9.64. The van der Waals surface area contributed by atoms with Crippen molar-refractivity contribution in [1.29, 1.82) is 0 Å². The van der Waals surface area contributed by atoms with Gasteiger partial charge >= 0.3 is 0 Å². The topological polar surface area (TPSA) is 57.0 Å². The summed E-state index contributed by atoms with van der Waals surface area (Å²) in [5.74, 6) is 1.10. The highest BCUT2D eigenvalue weighted by Gasteiger charge is 2.32. The van der Waals surface area contributed by atoms with E-state index in [9.17, 15) is 9.59 Å². The zero-order valence-corrected chi connectivity index (χ0v) is 16.9. The summed E-state index contributed by atoms with van der Waals surface area (Å²) in [5, 5.41) is 0. The number of piperidine rings is 1. The predicted octanol–water partition coefficient (Wildman–Crippen LogP) is 2.84. The normalized spacial score (nSPS) is 18.2. The number of hydrogen-bond acceptors (Lipinski definition) is 5. The number of furan rings is 1. The molecule has 0 bridgehead atoms. The van der Waals surface area contributed by atoms with Crippen LogP contribution in [0.1, 0.15) is 18.6 Å². The Morgan fingerprint density at radius 3 is 2.75 bits per heavy atom. The highest BCUT2D eigenvalue weighted by Crippen LogP contribution is 2.35. The van der Waals surface area contributed by atoms with Crippen LogP contribution in [0.4, 0.5) is 5.69 Å². The van der Waals surface area contributed by atoms with Crippen molar-refractivity contribution < 1.29 is 14.0 Å². The van der Waals surface area contributed by atoms with E-state index in [0.29, 0.717) is 12.3 Å². The molecule has 0 N–H and O–H groups in total. The number of likely N-dealkylation sites (tertiary alicyclic amines) is 1. The average molecular weight is 400 g/mol. The quantitative estimate of drug-likeness (QED) is 0.774. The molecule has 1 fully saturated rings. The van der Waals surface area contributed by atoms with Crippen LogP contribution >= 0.6 is 11.8 Å². The molecule has 148 valence electrons. The van der Waals surface area contributed by atoms with Gasteiger partial charge in [0, 0.05) is 10.9 Å². The molecule has 1 aromatic carbocycles. The van der Waals surface area contributed by atoms with Crippen LogP contribution in [0.3, 0.4) is 0 Å². The molecule has 4 rings (SSSR count). The lowest BCUT2D eigenvalue weighted by Gasteiger charge is -2.38. The van der Waals surface area contributed by atoms with Gasteiger partial charge in [-0.2, -0.15) is 0 Å². The number of thioether (sulfide) groups is 1.